The molecule has 0 spiro atoms. The lowest BCUT2D eigenvalue weighted by Gasteiger charge is -2.30. The Morgan fingerprint density at radius 2 is 1.64 bits per heavy atom. The third-order valence-electron chi connectivity index (χ3n) is 1.95. The molecule has 0 aliphatic rings. The molecular weight excluding hydrogens is 198 g/mol. The second-order valence-corrected chi connectivity index (χ2v) is 3.27. The van der Waals surface area contributed by atoms with Crippen LogP contribution in [-0.2, 0) is 0 Å². The lowest BCUT2D eigenvalue weighted by Crippen LogP contribution is -2.57. The molecule has 2 unspecified atom stereocenters. The van der Waals surface area contributed by atoms with Gasteiger partial charge in [-0.1, -0.05) is 26.2 Å². The van der Waals surface area contributed by atoms with Crippen LogP contribution in [0.25, 0.3) is 0 Å². The minimum absolute atomic E-state index is 0.292. The van der Waals surface area contributed by atoms with Crippen LogP contribution in [0, 0.1) is 0 Å². The number of aliphatic hydroxyl groups is 4. The maximum Gasteiger partial charge on any atom is 0.341 e. The van der Waals surface area contributed by atoms with Crippen molar-refractivity contribution in [2.45, 2.75) is 50.6 Å². The van der Waals surface area contributed by atoms with E-state index in [4.69, 9.17) is 20.4 Å². The minimum atomic E-state index is -4.07. The molecule has 6 heteroatoms. The van der Waals surface area contributed by atoms with E-state index in [1.54, 1.807) is 0 Å². The van der Waals surface area contributed by atoms with Gasteiger partial charge >= 0.3 is 11.8 Å². The summed E-state index contributed by atoms with van der Waals surface area (Å²) in [4.78, 5) is 0. The van der Waals surface area contributed by atoms with E-state index in [2.05, 4.69) is 0 Å². The number of hydrogen-bond acceptors (Lipinski definition) is 4. The van der Waals surface area contributed by atoms with E-state index in [1.165, 1.54) is 0 Å². The van der Waals surface area contributed by atoms with E-state index in [9.17, 15) is 8.78 Å². The first-order chi connectivity index (χ1) is 6.23. The molecule has 0 amide bonds. The smallest absolute Gasteiger partial charge is 0.341 e. The van der Waals surface area contributed by atoms with Gasteiger partial charge in [-0.2, -0.15) is 4.39 Å². The zero-order valence-electron chi connectivity index (χ0n) is 7.95. The van der Waals surface area contributed by atoms with Crippen molar-refractivity contribution in [2.24, 2.45) is 0 Å². The van der Waals surface area contributed by atoms with Crippen LogP contribution in [0.3, 0.4) is 0 Å². The molecule has 14 heavy (non-hydrogen) atoms. The van der Waals surface area contributed by atoms with Gasteiger partial charge in [0, 0.05) is 0 Å². The van der Waals surface area contributed by atoms with Gasteiger partial charge in [-0.3, -0.25) is 0 Å². The summed E-state index contributed by atoms with van der Waals surface area (Å²) >= 11 is 0. The summed E-state index contributed by atoms with van der Waals surface area (Å²) in [5.74, 6) is -8.13. The molecule has 0 fully saturated rings. The molecule has 4 N–H and O–H groups in total. The molecule has 0 aromatic heterocycles. The molecule has 4 nitrogen and oxygen atoms in total. The average Bonchev–Trinajstić information content (AvgIpc) is 2.02. The topological polar surface area (TPSA) is 80.9 Å². The lowest BCUT2D eigenvalue weighted by molar-refractivity contribution is -0.437. The van der Waals surface area contributed by atoms with Crippen molar-refractivity contribution in [2.75, 3.05) is 0 Å². The van der Waals surface area contributed by atoms with Crippen molar-refractivity contribution in [3.63, 3.8) is 0 Å². The summed E-state index contributed by atoms with van der Waals surface area (Å²) in [7, 11) is 0. The third-order valence-corrected chi connectivity index (χ3v) is 1.95. The molecule has 0 radical (unpaired) electrons. The molecular formula is C8H16F2O4. The Morgan fingerprint density at radius 1 is 1.14 bits per heavy atom. The Morgan fingerprint density at radius 3 is 2.00 bits per heavy atom. The summed E-state index contributed by atoms with van der Waals surface area (Å²) in [5.41, 5.74) is 0. The summed E-state index contributed by atoms with van der Waals surface area (Å²) in [6, 6.07) is 0. The maximum atomic E-state index is 12.9. The van der Waals surface area contributed by atoms with E-state index in [0.717, 1.165) is 6.42 Å². The monoisotopic (exact) mass is 214 g/mol. The van der Waals surface area contributed by atoms with Gasteiger partial charge in [-0.25, -0.2) is 4.39 Å². The van der Waals surface area contributed by atoms with Crippen molar-refractivity contribution >= 4 is 0 Å². The van der Waals surface area contributed by atoms with E-state index < -0.39 is 18.0 Å². The molecule has 0 saturated heterocycles. The fourth-order valence-corrected chi connectivity index (χ4v) is 0.975. The Kier molecular flexibility index (Phi) is 4.87. The van der Waals surface area contributed by atoms with Gasteiger partial charge in [-0.05, 0) is 6.42 Å². The van der Waals surface area contributed by atoms with Gasteiger partial charge in [0.15, 0.2) is 6.17 Å². The predicted molar refractivity (Wildman–Crippen MR) is 44.5 cm³/mol. The van der Waals surface area contributed by atoms with Crippen LogP contribution in [0.4, 0.5) is 8.78 Å². The highest BCUT2D eigenvalue weighted by atomic mass is 19.2. The van der Waals surface area contributed by atoms with E-state index in [0.29, 0.717) is 12.8 Å². The summed E-state index contributed by atoms with van der Waals surface area (Å²) in [6.07, 6.45) is -1.22. The van der Waals surface area contributed by atoms with Crippen LogP contribution >= 0.6 is 0 Å². The number of alkyl halides is 2. The van der Waals surface area contributed by atoms with Crippen LogP contribution < -0.4 is 0 Å². The largest absolute Gasteiger partial charge is 0.353 e. The van der Waals surface area contributed by atoms with Gasteiger partial charge in [0.2, 0.25) is 0 Å². The van der Waals surface area contributed by atoms with E-state index >= 15 is 0 Å². The van der Waals surface area contributed by atoms with E-state index in [1.807, 2.05) is 6.92 Å². The van der Waals surface area contributed by atoms with Gasteiger partial charge in [0.25, 0.3) is 0 Å². The predicted octanol–water partition coefficient (Wildman–Crippen LogP) is 0.194. The second-order valence-electron chi connectivity index (χ2n) is 3.27. The summed E-state index contributed by atoms with van der Waals surface area (Å²) in [5, 5.41) is 33.6. The molecule has 0 aliphatic carbocycles. The summed E-state index contributed by atoms with van der Waals surface area (Å²) in [6.45, 7) is 1.85. The molecule has 0 heterocycles. The zero-order chi connectivity index (χ0) is 11.4. The Labute approximate surface area is 80.8 Å². The zero-order valence-corrected chi connectivity index (χ0v) is 7.95. The first kappa shape index (κ1) is 13.7. The van der Waals surface area contributed by atoms with Crippen LogP contribution in [0.1, 0.15) is 32.6 Å². The van der Waals surface area contributed by atoms with Crippen molar-refractivity contribution in [1.29, 1.82) is 0 Å². The Bertz CT molecular complexity index is 167. The van der Waals surface area contributed by atoms with Gasteiger partial charge in [0.05, 0.1) is 0 Å². The Balaban J connectivity index is 4.15. The maximum absolute atomic E-state index is 12.9. The van der Waals surface area contributed by atoms with Crippen molar-refractivity contribution in [3.8, 4) is 0 Å². The van der Waals surface area contributed by atoms with Gasteiger partial charge in [-0.15, -0.1) is 0 Å². The number of rotatable bonds is 6. The lowest BCUT2D eigenvalue weighted by atomic mass is 10.0. The minimum Gasteiger partial charge on any atom is -0.353 e. The van der Waals surface area contributed by atoms with Crippen LogP contribution in [0.2, 0.25) is 0 Å². The van der Waals surface area contributed by atoms with Crippen molar-refractivity contribution < 1.29 is 29.2 Å². The highest BCUT2D eigenvalue weighted by molar-refractivity contribution is 4.82. The molecule has 86 valence electrons. The number of hydrogen-bond donors (Lipinski definition) is 4. The highest BCUT2D eigenvalue weighted by Gasteiger charge is 2.55. The normalized spacial score (nSPS) is 19.1. The first-order valence-corrected chi connectivity index (χ1v) is 4.46. The molecule has 0 rings (SSSR count). The van der Waals surface area contributed by atoms with Gasteiger partial charge in [0.1, 0.15) is 0 Å². The fraction of sp³-hybridized carbons (Fsp3) is 1.00. The van der Waals surface area contributed by atoms with Crippen LogP contribution in [0.15, 0.2) is 0 Å². The Hall–Kier alpha value is -0.300. The van der Waals surface area contributed by atoms with Crippen molar-refractivity contribution in [1.82, 2.24) is 0 Å². The fourth-order valence-electron chi connectivity index (χ4n) is 0.975. The molecule has 0 bridgehead atoms. The molecule has 0 aromatic rings. The molecule has 0 saturated carbocycles. The molecule has 0 aromatic carbocycles. The first-order valence-electron chi connectivity index (χ1n) is 4.46. The second kappa shape index (κ2) is 4.97. The molecule has 0 aliphatic heterocycles. The number of unbranched alkanes of at least 4 members (excludes halogenated alkanes) is 2. The average molecular weight is 214 g/mol. The van der Waals surface area contributed by atoms with Crippen LogP contribution in [-0.4, -0.2) is 38.4 Å². The van der Waals surface area contributed by atoms with Crippen molar-refractivity contribution in [3.05, 3.63) is 0 Å². The van der Waals surface area contributed by atoms with Gasteiger partial charge < -0.3 is 20.4 Å². The quantitative estimate of drug-likeness (QED) is 0.376. The standard InChI is InChI=1S/C8H16F2O4/c1-2-3-4-5-6(9)7(10,11)8(12,13)14/h6,11-14H,2-5H2,1H3. The van der Waals surface area contributed by atoms with Crippen LogP contribution in [0.5, 0.6) is 0 Å². The third kappa shape index (κ3) is 3.45. The highest BCUT2D eigenvalue weighted by Crippen LogP contribution is 2.29. The SMILES string of the molecule is CCCCCC(F)C(O)(F)C(O)(O)O. The number of halogens is 2. The molecule has 2 atom stereocenters. The van der Waals surface area contributed by atoms with E-state index in [-0.39, 0.29) is 6.42 Å². The summed E-state index contributed by atoms with van der Waals surface area (Å²) < 4.78 is 25.7.